The molecule has 4 rings (SSSR count). The van der Waals surface area contributed by atoms with Crippen LogP contribution in [0.3, 0.4) is 0 Å². The number of imide groups is 2. The number of nitrogens with zero attached hydrogens (tertiary/aromatic N) is 2. The Hall–Kier alpha value is -3.98. The van der Waals surface area contributed by atoms with Crippen molar-refractivity contribution in [3.05, 3.63) is 87.2 Å². The number of halogens is 1. The molecule has 0 radical (unpaired) electrons. The van der Waals surface area contributed by atoms with Gasteiger partial charge in [-0.1, -0.05) is 28.1 Å². The third-order valence-corrected chi connectivity index (χ3v) is 6.05. The van der Waals surface area contributed by atoms with E-state index < -0.39 is 23.8 Å². The normalized spacial score (nSPS) is 14.9. The van der Waals surface area contributed by atoms with Crippen LogP contribution in [0.15, 0.2) is 64.6 Å². The summed E-state index contributed by atoms with van der Waals surface area (Å²) in [5.74, 6) is -1.90. The summed E-state index contributed by atoms with van der Waals surface area (Å²) in [4.78, 5) is 51.4. The predicted octanol–water partition coefficient (Wildman–Crippen LogP) is 4.70. The molecule has 2 aromatic carbocycles. The van der Waals surface area contributed by atoms with Gasteiger partial charge >= 0.3 is 12.0 Å². The van der Waals surface area contributed by atoms with Crippen molar-refractivity contribution in [2.24, 2.45) is 0 Å². The molecule has 8 nitrogen and oxygen atoms in total. The minimum atomic E-state index is -0.809. The van der Waals surface area contributed by atoms with Gasteiger partial charge in [0.2, 0.25) is 0 Å². The van der Waals surface area contributed by atoms with Gasteiger partial charge in [0.05, 0.1) is 17.9 Å². The number of rotatable bonds is 5. The zero-order valence-corrected chi connectivity index (χ0v) is 20.9. The first-order valence-corrected chi connectivity index (χ1v) is 11.6. The maximum atomic E-state index is 13.2. The van der Waals surface area contributed by atoms with Crippen LogP contribution in [-0.4, -0.2) is 35.0 Å². The van der Waals surface area contributed by atoms with Crippen molar-refractivity contribution in [2.75, 3.05) is 11.5 Å². The number of hydrogen-bond acceptors (Lipinski definition) is 5. The standard InChI is InChI=1S/C26H22BrN3O5/c1-4-35-25(33)17-7-5-9-20(12-17)29-15(2)11-18(16(29)3)13-22-23(31)28-26(34)30(24(22)32)21-10-6-8-19(27)14-21/h5-14H,4H2,1-3H3,(H,28,31,34)/b22-13+. The number of urea groups is 1. The van der Waals surface area contributed by atoms with Crippen LogP contribution in [0.5, 0.6) is 0 Å². The average Bonchev–Trinajstić information content (AvgIpc) is 3.09. The summed E-state index contributed by atoms with van der Waals surface area (Å²) >= 11 is 3.33. The van der Waals surface area contributed by atoms with Gasteiger partial charge in [-0.15, -0.1) is 0 Å². The minimum Gasteiger partial charge on any atom is -0.462 e. The lowest BCUT2D eigenvalue weighted by atomic mass is 10.1. The number of benzene rings is 2. The Balaban J connectivity index is 1.74. The van der Waals surface area contributed by atoms with Crippen LogP contribution in [0.25, 0.3) is 11.8 Å². The summed E-state index contributed by atoms with van der Waals surface area (Å²) in [6.45, 7) is 5.75. The summed E-state index contributed by atoms with van der Waals surface area (Å²) < 4.78 is 7.70. The highest BCUT2D eigenvalue weighted by Gasteiger charge is 2.37. The maximum Gasteiger partial charge on any atom is 0.338 e. The fourth-order valence-corrected chi connectivity index (χ4v) is 4.37. The van der Waals surface area contributed by atoms with Crippen molar-refractivity contribution in [1.82, 2.24) is 9.88 Å². The summed E-state index contributed by atoms with van der Waals surface area (Å²) in [7, 11) is 0. The van der Waals surface area contributed by atoms with E-state index in [1.807, 2.05) is 30.5 Å². The molecule has 1 aliphatic rings. The number of anilines is 1. The van der Waals surface area contributed by atoms with Crippen LogP contribution in [0, 0.1) is 13.8 Å². The molecule has 178 valence electrons. The molecule has 0 unspecified atom stereocenters. The zero-order chi connectivity index (χ0) is 25.3. The second-order valence-corrected chi connectivity index (χ2v) is 8.79. The molecule has 1 fully saturated rings. The fourth-order valence-electron chi connectivity index (χ4n) is 3.98. The highest BCUT2D eigenvalue weighted by atomic mass is 79.9. The monoisotopic (exact) mass is 535 g/mol. The second-order valence-electron chi connectivity index (χ2n) is 7.87. The van der Waals surface area contributed by atoms with Crippen molar-refractivity contribution in [3.8, 4) is 5.69 Å². The number of aromatic nitrogens is 1. The molecule has 0 aliphatic carbocycles. The third kappa shape index (κ3) is 4.67. The quantitative estimate of drug-likeness (QED) is 0.290. The number of nitrogens with one attached hydrogen (secondary N) is 1. The molecule has 35 heavy (non-hydrogen) atoms. The van der Waals surface area contributed by atoms with E-state index in [0.29, 0.717) is 21.3 Å². The van der Waals surface area contributed by atoms with Crippen molar-refractivity contribution in [3.63, 3.8) is 0 Å². The van der Waals surface area contributed by atoms with E-state index in [1.165, 1.54) is 6.08 Å². The average molecular weight is 536 g/mol. The molecule has 2 heterocycles. The van der Waals surface area contributed by atoms with Gasteiger partial charge in [-0.3, -0.25) is 14.9 Å². The van der Waals surface area contributed by atoms with Gasteiger partial charge in [0, 0.05) is 21.5 Å². The first-order valence-electron chi connectivity index (χ1n) is 10.8. The topological polar surface area (TPSA) is 97.7 Å². The first-order chi connectivity index (χ1) is 16.7. The zero-order valence-electron chi connectivity index (χ0n) is 19.3. The Labute approximate surface area is 210 Å². The van der Waals surface area contributed by atoms with Gasteiger partial charge < -0.3 is 9.30 Å². The molecule has 1 saturated heterocycles. The van der Waals surface area contributed by atoms with Gasteiger partial charge in [-0.05, 0) is 74.9 Å². The highest BCUT2D eigenvalue weighted by Crippen LogP contribution is 2.27. The number of carbonyl (C=O) groups is 4. The number of carbonyl (C=O) groups excluding carboxylic acids is 4. The molecular formula is C26H22BrN3O5. The number of esters is 1. The number of hydrogen-bond donors (Lipinski definition) is 1. The second kappa shape index (κ2) is 9.71. The molecule has 0 spiro atoms. The minimum absolute atomic E-state index is 0.162. The lowest BCUT2D eigenvalue weighted by Crippen LogP contribution is -2.54. The molecular weight excluding hydrogens is 514 g/mol. The lowest BCUT2D eigenvalue weighted by molar-refractivity contribution is -0.122. The summed E-state index contributed by atoms with van der Waals surface area (Å²) in [5, 5.41) is 2.24. The van der Waals surface area contributed by atoms with Gasteiger partial charge in [0.1, 0.15) is 5.57 Å². The molecule has 4 amide bonds. The Kier molecular flexibility index (Phi) is 6.70. The maximum absolute atomic E-state index is 13.2. The largest absolute Gasteiger partial charge is 0.462 e. The van der Waals surface area contributed by atoms with E-state index >= 15 is 0 Å². The van der Waals surface area contributed by atoms with Crippen LogP contribution in [0.2, 0.25) is 0 Å². The number of ether oxygens (including phenoxy) is 1. The molecule has 1 N–H and O–H groups in total. The number of amides is 4. The van der Waals surface area contributed by atoms with Gasteiger partial charge in [-0.25, -0.2) is 14.5 Å². The summed E-state index contributed by atoms with van der Waals surface area (Å²) in [6.07, 6.45) is 1.48. The molecule has 9 heteroatoms. The Morgan fingerprint density at radius 1 is 1.03 bits per heavy atom. The van der Waals surface area contributed by atoms with Crippen LogP contribution in [0.1, 0.15) is 34.2 Å². The van der Waals surface area contributed by atoms with Crippen molar-refractivity contribution < 1.29 is 23.9 Å². The van der Waals surface area contributed by atoms with Crippen molar-refractivity contribution >= 4 is 51.5 Å². The molecule has 0 bridgehead atoms. The van der Waals surface area contributed by atoms with Crippen LogP contribution in [0.4, 0.5) is 10.5 Å². The van der Waals surface area contributed by atoms with E-state index in [9.17, 15) is 19.2 Å². The van der Waals surface area contributed by atoms with Gasteiger partial charge in [0.25, 0.3) is 11.8 Å². The van der Waals surface area contributed by atoms with Crippen molar-refractivity contribution in [2.45, 2.75) is 20.8 Å². The van der Waals surface area contributed by atoms with Crippen molar-refractivity contribution in [1.29, 1.82) is 0 Å². The van der Waals surface area contributed by atoms with Crippen LogP contribution < -0.4 is 10.2 Å². The third-order valence-electron chi connectivity index (χ3n) is 5.55. The van der Waals surface area contributed by atoms with Crippen LogP contribution >= 0.6 is 15.9 Å². The van der Waals surface area contributed by atoms with E-state index in [0.717, 1.165) is 22.0 Å². The molecule has 1 aromatic heterocycles. The highest BCUT2D eigenvalue weighted by molar-refractivity contribution is 9.10. The SMILES string of the molecule is CCOC(=O)c1cccc(-n2c(C)cc(/C=C3\C(=O)NC(=O)N(c4cccc(Br)c4)C3=O)c2C)c1. The number of aryl methyl sites for hydroxylation is 1. The van der Waals surface area contributed by atoms with E-state index in [-0.39, 0.29) is 12.2 Å². The summed E-state index contributed by atoms with van der Waals surface area (Å²) in [6, 6.07) is 14.7. The molecule has 0 saturated carbocycles. The first kappa shape index (κ1) is 24.2. The molecule has 1 aliphatic heterocycles. The Morgan fingerprint density at radius 2 is 1.74 bits per heavy atom. The Morgan fingerprint density at radius 3 is 2.46 bits per heavy atom. The van der Waals surface area contributed by atoms with E-state index in [4.69, 9.17) is 4.74 Å². The lowest BCUT2D eigenvalue weighted by Gasteiger charge is -2.26. The molecule has 3 aromatic rings. The summed E-state index contributed by atoms with van der Waals surface area (Å²) in [5.41, 5.74) is 3.54. The predicted molar refractivity (Wildman–Crippen MR) is 134 cm³/mol. The fraction of sp³-hybridized carbons (Fsp3) is 0.154. The number of barbiturate groups is 1. The van der Waals surface area contributed by atoms with E-state index in [2.05, 4.69) is 21.2 Å². The van der Waals surface area contributed by atoms with Gasteiger partial charge in [0.15, 0.2) is 0 Å². The van der Waals surface area contributed by atoms with Crippen LogP contribution in [-0.2, 0) is 14.3 Å². The smallest absolute Gasteiger partial charge is 0.338 e. The van der Waals surface area contributed by atoms with Gasteiger partial charge in [-0.2, -0.15) is 0 Å². The molecule has 0 atom stereocenters. The van der Waals surface area contributed by atoms with E-state index in [1.54, 1.807) is 49.4 Å². The Bertz CT molecular complexity index is 1410.